The molecule has 0 saturated carbocycles. The van der Waals surface area contributed by atoms with Crippen LogP contribution in [0.2, 0.25) is 5.02 Å². The molecule has 0 heterocycles. The Hall–Kier alpha value is -0.900. The standard InChI is InChI=1S/C7H5ClF3N/c8-6-3-4(12)1-2-5(6)7(9,10)11/h1-3H,12H2. The van der Waals surface area contributed by atoms with E-state index in [1.165, 1.54) is 0 Å². The van der Waals surface area contributed by atoms with Crippen molar-refractivity contribution in [3.8, 4) is 0 Å². The molecular formula is C7H5ClF3N. The minimum atomic E-state index is -4.41. The van der Waals surface area contributed by atoms with Crippen LogP contribution >= 0.6 is 11.6 Å². The molecule has 0 aliphatic heterocycles. The number of anilines is 1. The van der Waals surface area contributed by atoms with Crippen LogP contribution in [-0.2, 0) is 6.18 Å². The molecule has 0 aliphatic rings. The smallest absolute Gasteiger partial charge is 0.399 e. The molecular weight excluding hydrogens is 191 g/mol. The SMILES string of the molecule is Nc1ccc(C(F)(F)F)c(Cl)c1. The van der Waals surface area contributed by atoms with Crippen molar-refractivity contribution in [3.05, 3.63) is 28.8 Å². The normalized spacial score (nSPS) is 11.7. The molecule has 0 spiro atoms. The van der Waals surface area contributed by atoms with Crippen LogP contribution in [0.1, 0.15) is 5.56 Å². The molecule has 0 aliphatic carbocycles. The van der Waals surface area contributed by atoms with E-state index < -0.39 is 11.7 Å². The first-order valence-corrected chi connectivity index (χ1v) is 3.41. The first-order chi connectivity index (χ1) is 5.41. The van der Waals surface area contributed by atoms with Crippen LogP contribution in [0.5, 0.6) is 0 Å². The molecule has 0 aromatic heterocycles. The molecule has 1 aromatic rings. The van der Waals surface area contributed by atoms with E-state index in [0.717, 1.165) is 18.2 Å². The summed E-state index contributed by atoms with van der Waals surface area (Å²) in [5.74, 6) is 0. The predicted octanol–water partition coefficient (Wildman–Crippen LogP) is 2.94. The number of hydrogen-bond donors (Lipinski definition) is 1. The molecule has 0 radical (unpaired) electrons. The lowest BCUT2D eigenvalue weighted by Gasteiger charge is -2.08. The summed E-state index contributed by atoms with van der Waals surface area (Å²) in [6.45, 7) is 0. The van der Waals surface area contributed by atoms with Crippen molar-refractivity contribution in [2.24, 2.45) is 0 Å². The van der Waals surface area contributed by atoms with Crippen LogP contribution < -0.4 is 5.73 Å². The van der Waals surface area contributed by atoms with Crippen LogP contribution in [0.4, 0.5) is 18.9 Å². The van der Waals surface area contributed by atoms with E-state index in [9.17, 15) is 13.2 Å². The molecule has 0 bridgehead atoms. The Morgan fingerprint density at radius 2 is 1.83 bits per heavy atom. The van der Waals surface area contributed by atoms with Gasteiger partial charge in [-0.15, -0.1) is 0 Å². The highest BCUT2D eigenvalue weighted by Gasteiger charge is 2.32. The largest absolute Gasteiger partial charge is 0.417 e. The van der Waals surface area contributed by atoms with E-state index in [-0.39, 0.29) is 10.7 Å². The Morgan fingerprint density at radius 3 is 2.25 bits per heavy atom. The van der Waals surface area contributed by atoms with Crippen LogP contribution in [0.25, 0.3) is 0 Å². The van der Waals surface area contributed by atoms with Gasteiger partial charge in [-0.05, 0) is 18.2 Å². The zero-order chi connectivity index (χ0) is 9.35. The second-order valence-corrected chi connectivity index (χ2v) is 2.64. The molecule has 1 rings (SSSR count). The number of nitrogen functional groups attached to an aromatic ring is 1. The molecule has 0 saturated heterocycles. The lowest BCUT2D eigenvalue weighted by atomic mass is 10.2. The molecule has 5 heteroatoms. The summed E-state index contributed by atoms with van der Waals surface area (Å²) >= 11 is 5.31. The van der Waals surface area contributed by atoms with Gasteiger partial charge in [-0.2, -0.15) is 13.2 Å². The minimum absolute atomic E-state index is 0.216. The van der Waals surface area contributed by atoms with Crippen molar-refractivity contribution < 1.29 is 13.2 Å². The van der Waals surface area contributed by atoms with Crippen molar-refractivity contribution in [3.63, 3.8) is 0 Å². The van der Waals surface area contributed by atoms with Gasteiger partial charge in [-0.1, -0.05) is 11.6 Å². The average Bonchev–Trinajstić information content (AvgIpc) is 1.83. The van der Waals surface area contributed by atoms with Crippen LogP contribution in [-0.4, -0.2) is 0 Å². The maximum Gasteiger partial charge on any atom is 0.417 e. The zero-order valence-electron chi connectivity index (χ0n) is 5.82. The van der Waals surface area contributed by atoms with E-state index in [0.29, 0.717) is 0 Å². The van der Waals surface area contributed by atoms with Gasteiger partial charge in [0.15, 0.2) is 0 Å². The van der Waals surface area contributed by atoms with Gasteiger partial charge in [0, 0.05) is 5.69 Å². The topological polar surface area (TPSA) is 26.0 Å². The lowest BCUT2D eigenvalue weighted by Crippen LogP contribution is -2.05. The quantitative estimate of drug-likeness (QED) is 0.633. The van der Waals surface area contributed by atoms with E-state index in [4.69, 9.17) is 17.3 Å². The molecule has 0 atom stereocenters. The fourth-order valence-corrected chi connectivity index (χ4v) is 1.06. The summed E-state index contributed by atoms with van der Waals surface area (Å²) in [5, 5.41) is -0.373. The number of halogens is 4. The highest BCUT2D eigenvalue weighted by Crippen LogP contribution is 2.35. The van der Waals surface area contributed by atoms with Crippen molar-refractivity contribution in [1.82, 2.24) is 0 Å². The number of nitrogens with two attached hydrogens (primary N) is 1. The third kappa shape index (κ3) is 1.82. The highest BCUT2D eigenvalue weighted by molar-refractivity contribution is 6.31. The second kappa shape index (κ2) is 2.86. The summed E-state index contributed by atoms with van der Waals surface area (Å²) in [7, 11) is 0. The first kappa shape index (κ1) is 9.19. The lowest BCUT2D eigenvalue weighted by molar-refractivity contribution is -0.137. The summed E-state index contributed by atoms with van der Waals surface area (Å²) < 4.78 is 36.2. The van der Waals surface area contributed by atoms with Gasteiger partial charge in [0.05, 0.1) is 10.6 Å². The fraction of sp³-hybridized carbons (Fsp3) is 0.143. The van der Waals surface area contributed by atoms with Crippen LogP contribution in [0.3, 0.4) is 0 Å². The Morgan fingerprint density at radius 1 is 1.25 bits per heavy atom. The van der Waals surface area contributed by atoms with E-state index in [1.54, 1.807) is 0 Å². The van der Waals surface area contributed by atoms with Gasteiger partial charge >= 0.3 is 6.18 Å². The maximum atomic E-state index is 12.1. The van der Waals surface area contributed by atoms with Crippen molar-refractivity contribution >= 4 is 17.3 Å². The molecule has 12 heavy (non-hydrogen) atoms. The minimum Gasteiger partial charge on any atom is -0.399 e. The molecule has 0 amide bonds. The number of benzene rings is 1. The number of hydrogen-bond acceptors (Lipinski definition) is 1. The highest BCUT2D eigenvalue weighted by atomic mass is 35.5. The Balaban J connectivity index is 3.19. The molecule has 0 unspecified atom stereocenters. The van der Waals surface area contributed by atoms with Crippen molar-refractivity contribution in [2.75, 3.05) is 5.73 Å². The second-order valence-electron chi connectivity index (χ2n) is 2.24. The van der Waals surface area contributed by atoms with Gasteiger partial charge in [0.25, 0.3) is 0 Å². The Labute approximate surface area is 71.9 Å². The van der Waals surface area contributed by atoms with E-state index in [1.807, 2.05) is 0 Å². The maximum absolute atomic E-state index is 12.1. The van der Waals surface area contributed by atoms with Gasteiger partial charge in [0.2, 0.25) is 0 Å². The first-order valence-electron chi connectivity index (χ1n) is 3.03. The van der Waals surface area contributed by atoms with Gasteiger partial charge in [0.1, 0.15) is 0 Å². The summed E-state index contributed by atoms with van der Waals surface area (Å²) in [6.07, 6.45) is -4.41. The third-order valence-corrected chi connectivity index (χ3v) is 1.61. The summed E-state index contributed by atoms with van der Waals surface area (Å²) in [6, 6.07) is 3.09. The van der Waals surface area contributed by atoms with Crippen LogP contribution in [0.15, 0.2) is 18.2 Å². The molecule has 2 N–H and O–H groups in total. The average molecular weight is 196 g/mol. The van der Waals surface area contributed by atoms with Crippen molar-refractivity contribution in [2.45, 2.75) is 6.18 Å². The molecule has 1 aromatic carbocycles. The van der Waals surface area contributed by atoms with Gasteiger partial charge < -0.3 is 5.73 Å². The van der Waals surface area contributed by atoms with Gasteiger partial charge in [-0.25, -0.2) is 0 Å². The predicted molar refractivity (Wildman–Crippen MR) is 40.9 cm³/mol. The monoisotopic (exact) mass is 195 g/mol. The Bertz CT molecular complexity index is 295. The van der Waals surface area contributed by atoms with E-state index >= 15 is 0 Å². The Kier molecular flexibility index (Phi) is 2.19. The molecule has 66 valence electrons. The van der Waals surface area contributed by atoms with Crippen molar-refractivity contribution in [1.29, 1.82) is 0 Å². The van der Waals surface area contributed by atoms with E-state index in [2.05, 4.69) is 0 Å². The zero-order valence-corrected chi connectivity index (χ0v) is 6.58. The summed E-state index contributed by atoms with van der Waals surface area (Å²) in [5.41, 5.74) is 4.57. The number of alkyl halides is 3. The van der Waals surface area contributed by atoms with Gasteiger partial charge in [-0.3, -0.25) is 0 Å². The number of rotatable bonds is 0. The molecule has 0 fully saturated rings. The molecule has 1 nitrogen and oxygen atoms in total. The fourth-order valence-electron chi connectivity index (χ4n) is 0.761. The third-order valence-electron chi connectivity index (χ3n) is 1.30. The summed E-state index contributed by atoms with van der Waals surface area (Å²) in [4.78, 5) is 0. The van der Waals surface area contributed by atoms with Crippen LogP contribution in [0, 0.1) is 0 Å².